The Morgan fingerprint density at radius 3 is 2.60 bits per heavy atom. The first-order chi connectivity index (χ1) is 12.3. The minimum Gasteiger partial charge on any atom is -0.350 e. The molecule has 25 heavy (non-hydrogen) atoms. The molecule has 4 heterocycles. The molecule has 0 aromatic heterocycles. The quantitative estimate of drug-likeness (QED) is 0.894. The molecule has 0 spiro atoms. The van der Waals surface area contributed by atoms with E-state index in [4.69, 9.17) is 0 Å². The summed E-state index contributed by atoms with van der Waals surface area (Å²) in [4.78, 5) is 17.6. The van der Waals surface area contributed by atoms with Crippen LogP contribution in [0.15, 0.2) is 30.3 Å². The van der Waals surface area contributed by atoms with Crippen LogP contribution in [0.25, 0.3) is 0 Å². The monoisotopic (exact) mass is 341 g/mol. The number of benzene rings is 1. The number of rotatable bonds is 5. The molecule has 2 bridgehead atoms. The van der Waals surface area contributed by atoms with Gasteiger partial charge in [0.2, 0.25) is 0 Å². The lowest BCUT2D eigenvalue weighted by atomic mass is 9.75. The molecule has 0 radical (unpaired) electrons. The molecule has 4 atom stereocenters. The number of carbonyl (C=O) groups is 1. The molecule has 4 fully saturated rings. The Bertz CT molecular complexity index is 570. The lowest BCUT2D eigenvalue weighted by Gasteiger charge is -2.51. The number of carbonyl (C=O) groups excluding carboxylic acids is 1. The van der Waals surface area contributed by atoms with Crippen molar-refractivity contribution in [3.63, 3.8) is 0 Å². The van der Waals surface area contributed by atoms with E-state index in [0.717, 1.165) is 23.9 Å². The molecule has 5 rings (SSSR count). The predicted molar refractivity (Wildman–Crippen MR) is 101 cm³/mol. The molecule has 1 N–H and O–H groups in total. The van der Waals surface area contributed by atoms with Crippen LogP contribution in [0.1, 0.15) is 42.5 Å². The van der Waals surface area contributed by atoms with E-state index < -0.39 is 0 Å². The van der Waals surface area contributed by atoms with Crippen LogP contribution in [0.2, 0.25) is 0 Å². The van der Waals surface area contributed by atoms with Crippen molar-refractivity contribution in [2.45, 2.75) is 38.1 Å². The Hall–Kier alpha value is -1.39. The van der Waals surface area contributed by atoms with Gasteiger partial charge in [-0.2, -0.15) is 0 Å². The maximum absolute atomic E-state index is 12.3. The van der Waals surface area contributed by atoms with Crippen molar-refractivity contribution >= 4 is 5.91 Å². The van der Waals surface area contributed by atoms with E-state index in [0.29, 0.717) is 6.04 Å². The van der Waals surface area contributed by atoms with Gasteiger partial charge in [0, 0.05) is 31.2 Å². The first kappa shape index (κ1) is 17.0. The molecule has 4 nitrogen and oxygen atoms in total. The number of amides is 1. The minimum atomic E-state index is 0.0631. The summed E-state index contributed by atoms with van der Waals surface area (Å²) in [5.41, 5.74) is 0.765. The standard InChI is InChI=1S/C21H31N3O/c25-21(17-7-3-1-4-8-17)22-14-20-13-18-9-12-24(20)16-19(18)15-23-10-5-2-6-11-23/h1,3-4,7-8,18-20H,2,5-6,9-16H2,(H,22,25). The van der Waals surface area contributed by atoms with E-state index in [1.54, 1.807) is 0 Å². The van der Waals surface area contributed by atoms with Crippen LogP contribution in [-0.2, 0) is 0 Å². The van der Waals surface area contributed by atoms with Crippen LogP contribution >= 0.6 is 0 Å². The molecule has 136 valence electrons. The normalized spacial score (nSPS) is 32.5. The van der Waals surface area contributed by atoms with Crippen molar-refractivity contribution in [2.24, 2.45) is 11.8 Å². The highest BCUT2D eigenvalue weighted by molar-refractivity contribution is 5.94. The molecular weight excluding hydrogens is 310 g/mol. The summed E-state index contributed by atoms with van der Waals surface area (Å²) in [7, 11) is 0. The average Bonchev–Trinajstić information content (AvgIpc) is 2.68. The van der Waals surface area contributed by atoms with Crippen LogP contribution in [0.5, 0.6) is 0 Å². The molecule has 1 aromatic carbocycles. The van der Waals surface area contributed by atoms with Crippen molar-refractivity contribution < 1.29 is 4.79 Å². The van der Waals surface area contributed by atoms with Gasteiger partial charge in [0.05, 0.1) is 0 Å². The molecule has 4 aliphatic heterocycles. The van der Waals surface area contributed by atoms with Crippen molar-refractivity contribution in [3.8, 4) is 0 Å². The summed E-state index contributed by atoms with van der Waals surface area (Å²) < 4.78 is 0. The van der Waals surface area contributed by atoms with Crippen molar-refractivity contribution in [1.82, 2.24) is 15.1 Å². The summed E-state index contributed by atoms with van der Waals surface area (Å²) >= 11 is 0. The van der Waals surface area contributed by atoms with Crippen molar-refractivity contribution in [2.75, 3.05) is 39.3 Å². The molecule has 4 heteroatoms. The zero-order chi connectivity index (χ0) is 17.1. The Kier molecular flexibility index (Phi) is 5.37. The van der Waals surface area contributed by atoms with Crippen molar-refractivity contribution in [3.05, 3.63) is 35.9 Å². The molecule has 0 saturated carbocycles. The highest BCUT2D eigenvalue weighted by Gasteiger charge is 2.40. The first-order valence-electron chi connectivity index (χ1n) is 10.1. The van der Waals surface area contributed by atoms with E-state index in [9.17, 15) is 4.79 Å². The van der Waals surface area contributed by atoms with Gasteiger partial charge in [0.25, 0.3) is 5.91 Å². The second kappa shape index (κ2) is 7.88. The van der Waals surface area contributed by atoms with E-state index >= 15 is 0 Å². The lowest BCUT2D eigenvalue weighted by Crippen LogP contribution is -2.58. The molecule has 1 amide bonds. The predicted octanol–water partition coefficient (Wildman–Crippen LogP) is 2.61. The molecule has 4 unspecified atom stereocenters. The molecule has 4 aliphatic rings. The van der Waals surface area contributed by atoms with Gasteiger partial charge in [-0.05, 0) is 69.3 Å². The maximum Gasteiger partial charge on any atom is 0.251 e. The number of nitrogens with one attached hydrogen (secondary N) is 1. The maximum atomic E-state index is 12.3. The zero-order valence-corrected chi connectivity index (χ0v) is 15.2. The molecule has 0 aliphatic carbocycles. The Morgan fingerprint density at radius 1 is 1.08 bits per heavy atom. The third kappa shape index (κ3) is 4.06. The lowest BCUT2D eigenvalue weighted by molar-refractivity contribution is -0.0134. The number of nitrogens with zero attached hydrogens (tertiary/aromatic N) is 2. The van der Waals surface area contributed by atoms with Crippen LogP contribution in [0.4, 0.5) is 0 Å². The summed E-state index contributed by atoms with van der Waals surface area (Å²) in [5, 5.41) is 3.16. The first-order valence-corrected chi connectivity index (χ1v) is 10.1. The van der Waals surface area contributed by atoms with Gasteiger partial charge in [-0.25, -0.2) is 0 Å². The summed E-state index contributed by atoms with van der Waals surface area (Å²) in [6.45, 7) is 7.14. The SMILES string of the molecule is O=C(NCC1CC2CCN1CC2CN1CCCCC1)c1ccccc1. The summed E-state index contributed by atoms with van der Waals surface area (Å²) in [6, 6.07) is 10.1. The van der Waals surface area contributed by atoms with Crippen LogP contribution in [-0.4, -0.2) is 61.0 Å². The average molecular weight is 341 g/mol. The fraction of sp³-hybridized carbons (Fsp3) is 0.667. The van der Waals surface area contributed by atoms with Gasteiger partial charge in [0.1, 0.15) is 0 Å². The van der Waals surface area contributed by atoms with Crippen molar-refractivity contribution in [1.29, 1.82) is 0 Å². The van der Waals surface area contributed by atoms with Gasteiger partial charge < -0.3 is 10.2 Å². The summed E-state index contributed by atoms with van der Waals surface area (Å²) in [6.07, 6.45) is 6.79. The molecule has 4 saturated heterocycles. The Labute approximate surface area is 151 Å². The third-order valence-corrected chi connectivity index (χ3v) is 6.49. The Balaban J connectivity index is 1.27. The van der Waals surface area contributed by atoms with Crippen LogP contribution in [0.3, 0.4) is 0 Å². The van der Waals surface area contributed by atoms with Gasteiger partial charge in [-0.3, -0.25) is 9.69 Å². The van der Waals surface area contributed by atoms with Crippen LogP contribution < -0.4 is 5.32 Å². The number of hydrogen-bond acceptors (Lipinski definition) is 3. The third-order valence-electron chi connectivity index (χ3n) is 6.49. The smallest absolute Gasteiger partial charge is 0.251 e. The highest BCUT2D eigenvalue weighted by Crippen LogP contribution is 2.36. The largest absolute Gasteiger partial charge is 0.350 e. The van der Waals surface area contributed by atoms with Gasteiger partial charge in [-0.15, -0.1) is 0 Å². The van der Waals surface area contributed by atoms with E-state index in [1.807, 2.05) is 30.3 Å². The van der Waals surface area contributed by atoms with E-state index in [1.165, 1.54) is 64.8 Å². The molecular formula is C21H31N3O. The number of fused-ring (bicyclic) bond motifs is 3. The van der Waals surface area contributed by atoms with Gasteiger partial charge in [0.15, 0.2) is 0 Å². The highest BCUT2D eigenvalue weighted by atomic mass is 16.1. The number of piperidine rings is 4. The number of likely N-dealkylation sites (tertiary alicyclic amines) is 1. The second-order valence-electron chi connectivity index (χ2n) is 8.13. The topological polar surface area (TPSA) is 35.6 Å². The minimum absolute atomic E-state index is 0.0631. The van der Waals surface area contributed by atoms with E-state index in [-0.39, 0.29) is 5.91 Å². The van der Waals surface area contributed by atoms with Gasteiger partial charge in [-0.1, -0.05) is 24.6 Å². The van der Waals surface area contributed by atoms with Crippen LogP contribution in [0, 0.1) is 11.8 Å². The molecule has 1 aromatic rings. The second-order valence-corrected chi connectivity index (χ2v) is 8.13. The number of hydrogen-bond donors (Lipinski definition) is 1. The zero-order valence-electron chi connectivity index (χ0n) is 15.2. The fourth-order valence-electron chi connectivity index (χ4n) is 5.04. The summed E-state index contributed by atoms with van der Waals surface area (Å²) in [5.74, 6) is 1.76. The van der Waals surface area contributed by atoms with E-state index in [2.05, 4.69) is 15.1 Å². The van der Waals surface area contributed by atoms with Gasteiger partial charge >= 0.3 is 0 Å². The fourth-order valence-corrected chi connectivity index (χ4v) is 5.04. The Morgan fingerprint density at radius 2 is 1.88 bits per heavy atom.